The van der Waals surface area contributed by atoms with E-state index in [1.165, 1.54) is 7.11 Å². The smallest absolute Gasteiger partial charge is 0.407 e. The molecule has 0 heterocycles. The van der Waals surface area contributed by atoms with Crippen LogP contribution in [0.1, 0.15) is 72.7 Å². The van der Waals surface area contributed by atoms with Gasteiger partial charge in [0.1, 0.15) is 28.6 Å². The molecule has 1 saturated carbocycles. The van der Waals surface area contributed by atoms with Crippen LogP contribution in [0.3, 0.4) is 0 Å². The third-order valence-corrected chi connectivity index (χ3v) is 6.97. The Morgan fingerprint density at radius 1 is 0.739 bits per heavy atom. The van der Waals surface area contributed by atoms with Gasteiger partial charge in [-0.15, -0.1) is 0 Å². The Labute approximate surface area is 267 Å². The van der Waals surface area contributed by atoms with E-state index in [9.17, 15) is 14.4 Å². The van der Waals surface area contributed by atoms with Crippen molar-refractivity contribution < 1.29 is 38.6 Å². The second-order valence-electron chi connectivity index (χ2n) is 11.7. The number of amides is 3. The summed E-state index contributed by atoms with van der Waals surface area (Å²) in [6, 6.07) is 17.7. The maximum absolute atomic E-state index is 13.5. The maximum atomic E-state index is 13.5. The number of hydroxylamine groups is 1. The number of nitrogens with zero attached hydrogens (tertiary/aromatic N) is 1. The van der Waals surface area contributed by atoms with Gasteiger partial charge in [-0.05, 0) is 107 Å². The second kappa shape index (κ2) is 15.1. The van der Waals surface area contributed by atoms with Gasteiger partial charge >= 0.3 is 6.09 Å². The number of alkyl carbamates (subject to hydrolysis) is 1. The Balaban J connectivity index is 1.48. The van der Waals surface area contributed by atoms with Crippen LogP contribution in [0.15, 0.2) is 71.9 Å². The summed E-state index contributed by atoms with van der Waals surface area (Å²) in [6.45, 7) is 5.45. The van der Waals surface area contributed by atoms with Gasteiger partial charge in [0.25, 0.3) is 11.8 Å². The number of hydrogen-bond donors (Lipinski definition) is 5. The van der Waals surface area contributed by atoms with Crippen molar-refractivity contribution in [3.63, 3.8) is 0 Å². The van der Waals surface area contributed by atoms with Gasteiger partial charge in [0.05, 0.1) is 7.11 Å². The molecule has 6 N–H and O–H groups in total. The molecule has 0 radical (unpaired) electrons. The molecule has 3 amide bonds. The average molecular weight is 634 g/mol. The molecule has 0 aliphatic heterocycles. The zero-order valence-electron chi connectivity index (χ0n) is 26.2. The SMILES string of the molecule is CONC(=O)c1ccc(Oc2cc(Oc3ccc(C(N)=NO)cc3)cc(C(=O)NC3CCC(NC(=O)OC(C)(C)C)CC3)c2)cc1. The lowest BCUT2D eigenvalue weighted by Gasteiger charge is -2.30. The van der Waals surface area contributed by atoms with Gasteiger partial charge in [-0.2, -0.15) is 0 Å². The fourth-order valence-corrected chi connectivity index (χ4v) is 4.80. The molecule has 46 heavy (non-hydrogen) atoms. The minimum atomic E-state index is -0.577. The Morgan fingerprint density at radius 3 is 1.72 bits per heavy atom. The van der Waals surface area contributed by atoms with Gasteiger partial charge in [0, 0.05) is 34.8 Å². The first-order chi connectivity index (χ1) is 21.9. The van der Waals surface area contributed by atoms with Gasteiger partial charge in [0.2, 0.25) is 0 Å². The first-order valence-corrected chi connectivity index (χ1v) is 14.7. The van der Waals surface area contributed by atoms with E-state index >= 15 is 0 Å². The fraction of sp³-hybridized carbons (Fsp3) is 0.333. The zero-order valence-corrected chi connectivity index (χ0v) is 26.2. The average Bonchev–Trinajstić information content (AvgIpc) is 3.01. The first kappa shape index (κ1) is 33.6. The van der Waals surface area contributed by atoms with E-state index in [1.54, 1.807) is 66.7 Å². The molecule has 13 nitrogen and oxygen atoms in total. The molecule has 0 saturated heterocycles. The van der Waals surface area contributed by atoms with Crippen LogP contribution in [0.4, 0.5) is 4.79 Å². The second-order valence-corrected chi connectivity index (χ2v) is 11.7. The molecule has 13 heteroatoms. The van der Waals surface area contributed by atoms with Gasteiger partial charge in [-0.3, -0.25) is 14.4 Å². The van der Waals surface area contributed by atoms with Crippen LogP contribution in [-0.2, 0) is 9.57 Å². The highest BCUT2D eigenvalue weighted by atomic mass is 16.6. The molecular weight excluding hydrogens is 594 g/mol. The summed E-state index contributed by atoms with van der Waals surface area (Å²) in [5, 5.41) is 17.9. The van der Waals surface area contributed by atoms with Gasteiger partial charge in [-0.1, -0.05) is 5.16 Å². The molecule has 0 unspecified atom stereocenters. The lowest BCUT2D eigenvalue weighted by atomic mass is 9.91. The van der Waals surface area contributed by atoms with Crippen LogP contribution < -0.4 is 31.3 Å². The van der Waals surface area contributed by atoms with Crippen molar-refractivity contribution in [3.8, 4) is 23.0 Å². The topological polar surface area (TPSA) is 183 Å². The Morgan fingerprint density at radius 2 is 1.24 bits per heavy atom. The standard InChI is InChI=1S/C33H39N5O8/c1-33(2,3)46-32(41)36-24-11-9-23(10-12-24)35-30(39)22-17-27(44-25-13-5-20(6-14-25)29(34)37-42)19-28(18-22)45-26-15-7-21(8-16-26)31(40)38-43-4/h5-8,13-19,23-24,42H,9-12H2,1-4H3,(H2,34,37)(H,35,39)(H,36,41)(H,38,40). The number of benzene rings is 3. The normalized spacial score (nSPS) is 16.6. The Bertz CT molecular complexity index is 1540. The lowest BCUT2D eigenvalue weighted by Crippen LogP contribution is -2.45. The van der Waals surface area contributed by atoms with Crippen LogP contribution in [-0.4, -0.2) is 53.7 Å². The molecule has 0 bridgehead atoms. The summed E-state index contributed by atoms with van der Waals surface area (Å²) in [7, 11) is 1.35. The number of hydrogen-bond acceptors (Lipinski definition) is 9. The molecule has 4 rings (SSSR count). The molecule has 3 aromatic carbocycles. The number of nitrogens with one attached hydrogen (secondary N) is 3. The van der Waals surface area contributed by atoms with Crippen molar-refractivity contribution in [1.29, 1.82) is 0 Å². The highest BCUT2D eigenvalue weighted by Gasteiger charge is 2.26. The quantitative estimate of drug-likeness (QED) is 0.0864. The maximum Gasteiger partial charge on any atom is 0.407 e. The predicted molar refractivity (Wildman–Crippen MR) is 169 cm³/mol. The highest BCUT2D eigenvalue weighted by molar-refractivity contribution is 5.97. The lowest BCUT2D eigenvalue weighted by molar-refractivity contribution is 0.0487. The summed E-state index contributed by atoms with van der Waals surface area (Å²) in [5.74, 6) is 0.777. The molecule has 244 valence electrons. The first-order valence-electron chi connectivity index (χ1n) is 14.7. The summed E-state index contributed by atoms with van der Waals surface area (Å²) in [4.78, 5) is 42.3. The third-order valence-electron chi connectivity index (χ3n) is 6.97. The summed E-state index contributed by atoms with van der Waals surface area (Å²) < 4.78 is 17.5. The molecule has 1 fully saturated rings. The van der Waals surface area contributed by atoms with Crippen LogP contribution >= 0.6 is 0 Å². The van der Waals surface area contributed by atoms with Crippen molar-refractivity contribution in [3.05, 3.63) is 83.4 Å². The van der Waals surface area contributed by atoms with Gasteiger partial charge in [0.15, 0.2) is 5.84 Å². The number of rotatable bonds is 10. The van der Waals surface area contributed by atoms with Crippen molar-refractivity contribution in [2.75, 3.05) is 7.11 Å². The van der Waals surface area contributed by atoms with Crippen LogP contribution in [0, 0.1) is 0 Å². The number of carbonyl (C=O) groups excluding carboxylic acids is 3. The largest absolute Gasteiger partial charge is 0.457 e. The van der Waals surface area contributed by atoms with E-state index < -0.39 is 17.6 Å². The molecule has 3 aromatic rings. The van der Waals surface area contributed by atoms with E-state index in [0.29, 0.717) is 65.4 Å². The molecular formula is C33H39N5O8. The fourth-order valence-electron chi connectivity index (χ4n) is 4.80. The van der Waals surface area contributed by atoms with Gasteiger partial charge < -0.3 is 35.8 Å². The number of oxime groups is 1. The summed E-state index contributed by atoms with van der Waals surface area (Å²) >= 11 is 0. The van der Waals surface area contributed by atoms with Crippen molar-refractivity contribution in [1.82, 2.24) is 16.1 Å². The molecule has 0 spiro atoms. The minimum Gasteiger partial charge on any atom is -0.457 e. The summed E-state index contributed by atoms with van der Waals surface area (Å²) in [6.07, 6.45) is 2.31. The molecule has 0 atom stereocenters. The van der Waals surface area contributed by atoms with E-state index in [1.807, 2.05) is 20.8 Å². The zero-order chi connectivity index (χ0) is 33.3. The minimum absolute atomic E-state index is 0.0305. The number of amidine groups is 1. The van der Waals surface area contributed by atoms with Crippen LogP contribution in [0.5, 0.6) is 23.0 Å². The molecule has 1 aliphatic rings. The highest BCUT2D eigenvalue weighted by Crippen LogP contribution is 2.31. The Hall–Kier alpha value is -5.30. The van der Waals surface area contributed by atoms with E-state index in [2.05, 4.69) is 26.1 Å². The molecule has 1 aliphatic carbocycles. The number of carbonyl (C=O) groups is 3. The van der Waals surface area contributed by atoms with Gasteiger partial charge in [-0.25, -0.2) is 10.3 Å². The van der Waals surface area contributed by atoms with E-state index in [-0.39, 0.29) is 23.8 Å². The van der Waals surface area contributed by atoms with E-state index in [4.69, 9.17) is 25.2 Å². The van der Waals surface area contributed by atoms with Crippen molar-refractivity contribution in [2.45, 2.75) is 64.1 Å². The molecule has 0 aromatic heterocycles. The Kier molecular flexibility index (Phi) is 11.0. The third kappa shape index (κ3) is 9.86. The number of ether oxygens (including phenoxy) is 3. The van der Waals surface area contributed by atoms with Crippen molar-refractivity contribution in [2.24, 2.45) is 10.9 Å². The van der Waals surface area contributed by atoms with E-state index in [0.717, 1.165) is 0 Å². The monoisotopic (exact) mass is 633 g/mol. The van der Waals surface area contributed by atoms with Crippen molar-refractivity contribution >= 4 is 23.7 Å². The number of nitrogens with two attached hydrogens (primary N) is 1. The summed E-state index contributed by atoms with van der Waals surface area (Å²) in [5.41, 5.74) is 8.53. The van der Waals surface area contributed by atoms with Crippen LogP contribution in [0.2, 0.25) is 0 Å². The predicted octanol–water partition coefficient (Wildman–Crippen LogP) is 5.22. The van der Waals surface area contributed by atoms with Crippen LogP contribution in [0.25, 0.3) is 0 Å².